The Hall–Kier alpha value is -2.29. The van der Waals surface area contributed by atoms with E-state index in [-0.39, 0.29) is 10.8 Å². The summed E-state index contributed by atoms with van der Waals surface area (Å²) in [7, 11) is -0.498. The number of thiazole rings is 1. The molecule has 3 aromatic rings. The van der Waals surface area contributed by atoms with Gasteiger partial charge in [-0.15, -0.1) is 11.3 Å². The van der Waals surface area contributed by atoms with Crippen LogP contribution in [0.5, 0.6) is 0 Å². The number of rotatable bonds is 7. The van der Waals surface area contributed by atoms with Gasteiger partial charge in [-0.25, -0.2) is 17.7 Å². The first-order chi connectivity index (χ1) is 12.9. The maximum Gasteiger partial charge on any atom is 0.242 e. The van der Waals surface area contributed by atoms with Crippen LogP contribution in [-0.2, 0) is 21.2 Å². The number of carbonyl (C=O) groups excluding carboxylic acids is 1. The van der Waals surface area contributed by atoms with Gasteiger partial charge >= 0.3 is 0 Å². The highest BCUT2D eigenvalue weighted by Gasteiger charge is 2.16. The zero-order chi connectivity index (χ0) is 19.4. The van der Waals surface area contributed by atoms with E-state index in [0.29, 0.717) is 18.5 Å². The Bertz CT molecular complexity index is 1010. The molecule has 0 unspecified atom stereocenters. The number of carbonyl (C=O) groups is 1. The van der Waals surface area contributed by atoms with Crippen molar-refractivity contribution in [1.82, 2.24) is 9.29 Å². The first-order valence-electron chi connectivity index (χ1n) is 8.53. The molecule has 0 atom stereocenters. The third kappa shape index (κ3) is 4.71. The van der Waals surface area contributed by atoms with Crippen LogP contribution in [0.2, 0.25) is 0 Å². The van der Waals surface area contributed by atoms with Crippen LogP contribution < -0.4 is 5.32 Å². The van der Waals surface area contributed by atoms with Crippen LogP contribution in [0.1, 0.15) is 17.8 Å². The van der Waals surface area contributed by atoms with Crippen molar-refractivity contribution in [2.75, 3.05) is 19.4 Å². The number of para-hydroxylation sites is 1. The second-order valence-corrected chi connectivity index (χ2v) is 9.56. The summed E-state index contributed by atoms with van der Waals surface area (Å²) in [5.41, 5.74) is 1.58. The van der Waals surface area contributed by atoms with E-state index in [9.17, 15) is 13.2 Å². The second-order valence-electron chi connectivity index (χ2n) is 6.29. The predicted octanol–water partition coefficient (Wildman–Crippen LogP) is 3.51. The van der Waals surface area contributed by atoms with Crippen molar-refractivity contribution >= 4 is 43.2 Å². The lowest BCUT2D eigenvalue weighted by Gasteiger charge is -2.12. The molecule has 0 aliphatic carbocycles. The molecule has 6 nitrogen and oxygen atoms in total. The zero-order valence-electron chi connectivity index (χ0n) is 15.2. The number of hydrogen-bond acceptors (Lipinski definition) is 5. The SMILES string of the molecule is CN(C)S(=O)(=O)c1ccc(NC(=O)CCCc2nc3ccccc3s2)cc1. The molecule has 0 bridgehead atoms. The summed E-state index contributed by atoms with van der Waals surface area (Å²) in [6.07, 6.45) is 1.85. The summed E-state index contributed by atoms with van der Waals surface area (Å²) in [6, 6.07) is 14.2. The van der Waals surface area contributed by atoms with Crippen molar-refractivity contribution in [2.45, 2.75) is 24.2 Å². The molecule has 142 valence electrons. The normalized spacial score (nSPS) is 11.8. The molecule has 0 aliphatic heterocycles. The lowest BCUT2D eigenvalue weighted by molar-refractivity contribution is -0.116. The van der Waals surface area contributed by atoms with Crippen molar-refractivity contribution < 1.29 is 13.2 Å². The first kappa shape index (κ1) is 19.5. The fourth-order valence-electron chi connectivity index (χ4n) is 2.57. The van der Waals surface area contributed by atoms with E-state index >= 15 is 0 Å². The molecule has 27 heavy (non-hydrogen) atoms. The maximum atomic E-state index is 12.1. The van der Waals surface area contributed by atoms with Gasteiger partial charge in [0.25, 0.3) is 0 Å². The van der Waals surface area contributed by atoms with E-state index in [1.54, 1.807) is 23.5 Å². The van der Waals surface area contributed by atoms with Crippen LogP contribution >= 0.6 is 11.3 Å². The Kier molecular flexibility index (Phi) is 5.88. The molecule has 2 aromatic carbocycles. The maximum absolute atomic E-state index is 12.1. The predicted molar refractivity (Wildman–Crippen MR) is 109 cm³/mol. The minimum atomic E-state index is -3.46. The Morgan fingerprint density at radius 1 is 1.11 bits per heavy atom. The number of fused-ring (bicyclic) bond motifs is 1. The highest BCUT2D eigenvalue weighted by atomic mass is 32.2. The van der Waals surface area contributed by atoms with E-state index in [1.807, 2.05) is 24.3 Å². The summed E-state index contributed by atoms with van der Waals surface area (Å²) in [5.74, 6) is -0.0978. The van der Waals surface area contributed by atoms with Crippen LogP contribution in [0.15, 0.2) is 53.4 Å². The molecule has 0 saturated carbocycles. The van der Waals surface area contributed by atoms with Crippen molar-refractivity contribution in [1.29, 1.82) is 0 Å². The van der Waals surface area contributed by atoms with Crippen molar-refractivity contribution in [3.05, 3.63) is 53.5 Å². The summed E-state index contributed by atoms with van der Waals surface area (Å²) < 4.78 is 26.4. The lowest BCUT2D eigenvalue weighted by Crippen LogP contribution is -2.22. The van der Waals surface area contributed by atoms with Gasteiger partial charge < -0.3 is 5.32 Å². The van der Waals surface area contributed by atoms with E-state index in [1.165, 1.54) is 26.2 Å². The van der Waals surface area contributed by atoms with E-state index in [2.05, 4.69) is 10.3 Å². The second kappa shape index (κ2) is 8.16. The monoisotopic (exact) mass is 403 g/mol. The number of aromatic nitrogens is 1. The summed E-state index contributed by atoms with van der Waals surface area (Å²) in [4.78, 5) is 16.9. The Balaban J connectivity index is 1.52. The number of hydrogen-bond donors (Lipinski definition) is 1. The zero-order valence-corrected chi connectivity index (χ0v) is 16.8. The fraction of sp³-hybridized carbons (Fsp3) is 0.263. The van der Waals surface area contributed by atoms with Gasteiger partial charge in [-0.05, 0) is 49.2 Å². The molecule has 1 amide bonds. The van der Waals surface area contributed by atoms with E-state index < -0.39 is 10.0 Å². The van der Waals surface area contributed by atoms with E-state index in [4.69, 9.17) is 0 Å². The molecule has 0 fully saturated rings. The number of anilines is 1. The molecule has 0 radical (unpaired) electrons. The number of sulfonamides is 1. The largest absolute Gasteiger partial charge is 0.326 e. The minimum Gasteiger partial charge on any atom is -0.326 e. The summed E-state index contributed by atoms with van der Waals surface area (Å²) in [5, 5.41) is 3.83. The van der Waals surface area contributed by atoms with Gasteiger partial charge in [0.2, 0.25) is 15.9 Å². The Morgan fingerprint density at radius 3 is 2.48 bits per heavy atom. The van der Waals surface area contributed by atoms with Crippen LogP contribution in [-0.4, -0.2) is 37.7 Å². The highest BCUT2D eigenvalue weighted by molar-refractivity contribution is 7.89. The average molecular weight is 404 g/mol. The third-order valence-electron chi connectivity index (χ3n) is 4.05. The topological polar surface area (TPSA) is 79.4 Å². The fourth-order valence-corrected chi connectivity index (χ4v) is 4.48. The van der Waals surface area contributed by atoms with Gasteiger partial charge in [0.15, 0.2) is 0 Å². The van der Waals surface area contributed by atoms with Gasteiger partial charge in [-0.2, -0.15) is 0 Å². The molecule has 0 saturated heterocycles. The number of nitrogens with one attached hydrogen (secondary N) is 1. The Morgan fingerprint density at radius 2 is 1.81 bits per heavy atom. The number of nitrogens with zero attached hydrogens (tertiary/aromatic N) is 2. The molecule has 1 heterocycles. The molecular weight excluding hydrogens is 382 g/mol. The lowest BCUT2D eigenvalue weighted by atomic mass is 10.2. The van der Waals surface area contributed by atoms with Gasteiger partial charge in [0.1, 0.15) is 0 Å². The summed E-state index contributed by atoms with van der Waals surface area (Å²) in [6.45, 7) is 0. The van der Waals surface area contributed by atoms with Crippen molar-refractivity contribution in [3.8, 4) is 0 Å². The quantitative estimate of drug-likeness (QED) is 0.655. The van der Waals surface area contributed by atoms with Crippen LogP contribution in [0, 0.1) is 0 Å². The minimum absolute atomic E-state index is 0.0978. The molecule has 8 heteroatoms. The van der Waals surface area contributed by atoms with E-state index in [0.717, 1.165) is 26.0 Å². The first-order valence-corrected chi connectivity index (χ1v) is 10.8. The Labute approximate surface area is 162 Å². The average Bonchev–Trinajstić information content (AvgIpc) is 3.04. The van der Waals surface area contributed by atoms with Crippen LogP contribution in [0.4, 0.5) is 5.69 Å². The number of aryl methyl sites for hydroxylation is 1. The molecule has 3 rings (SSSR count). The van der Waals surface area contributed by atoms with Crippen LogP contribution in [0.3, 0.4) is 0 Å². The van der Waals surface area contributed by atoms with Crippen molar-refractivity contribution in [2.24, 2.45) is 0 Å². The molecule has 0 aliphatic rings. The molecular formula is C19H21N3O3S2. The van der Waals surface area contributed by atoms with Crippen molar-refractivity contribution in [3.63, 3.8) is 0 Å². The third-order valence-corrected chi connectivity index (χ3v) is 6.97. The molecule has 0 spiro atoms. The molecule has 1 N–H and O–H groups in total. The van der Waals surface area contributed by atoms with Gasteiger partial charge in [-0.3, -0.25) is 4.79 Å². The number of benzene rings is 2. The van der Waals surface area contributed by atoms with Crippen LogP contribution in [0.25, 0.3) is 10.2 Å². The smallest absolute Gasteiger partial charge is 0.242 e. The van der Waals surface area contributed by atoms with Gasteiger partial charge in [0.05, 0.1) is 20.1 Å². The molecule has 1 aromatic heterocycles. The summed E-state index contributed by atoms with van der Waals surface area (Å²) >= 11 is 1.66. The number of amides is 1. The standard InChI is InChI=1S/C19H21N3O3S2/c1-22(2)27(24,25)15-12-10-14(11-13-15)20-18(23)8-5-9-19-21-16-6-3-4-7-17(16)26-19/h3-4,6-7,10-13H,5,8-9H2,1-2H3,(H,20,23). The van der Waals surface area contributed by atoms with Gasteiger partial charge in [0, 0.05) is 26.2 Å². The van der Waals surface area contributed by atoms with Gasteiger partial charge in [-0.1, -0.05) is 12.1 Å². The highest BCUT2D eigenvalue weighted by Crippen LogP contribution is 2.23.